The number of Topliss-reactive ketones (excluding diaryl/α,β-unsaturated/α-hetero) is 1. The molecule has 0 spiro atoms. The zero-order valence-corrected chi connectivity index (χ0v) is 20.1. The molecule has 1 fully saturated rings. The average Bonchev–Trinajstić information content (AvgIpc) is 3.43. The van der Waals surface area contributed by atoms with E-state index in [2.05, 4.69) is 0 Å². The molecule has 1 heterocycles. The Kier molecular flexibility index (Phi) is 7.72. The summed E-state index contributed by atoms with van der Waals surface area (Å²) in [6, 6.07) is 5.26. The standard InChI is InChI=1S/C26H33FN2O4/c1-6-28-17(3)22(16(2)23(28)26(32)33-5)24(30)18(4)29(25(31)20-9-7-8-10-20)15-19-11-13-21(27)14-12-19/h11-14,18,20H,6-10,15H2,1-5H3/t18-/m1/s1. The van der Waals surface area contributed by atoms with Gasteiger partial charge >= 0.3 is 5.97 Å². The van der Waals surface area contributed by atoms with E-state index in [4.69, 9.17) is 4.74 Å². The number of carbonyl (C=O) groups is 3. The minimum Gasteiger partial charge on any atom is -0.464 e. The van der Waals surface area contributed by atoms with Gasteiger partial charge in [0.15, 0.2) is 5.78 Å². The van der Waals surface area contributed by atoms with Crippen LogP contribution >= 0.6 is 0 Å². The van der Waals surface area contributed by atoms with Crippen molar-refractivity contribution in [2.75, 3.05) is 7.11 Å². The largest absolute Gasteiger partial charge is 0.464 e. The molecule has 0 saturated heterocycles. The maximum atomic E-state index is 13.8. The first kappa shape index (κ1) is 24.7. The van der Waals surface area contributed by atoms with E-state index < -0.39 is 12.0 Å². The van der Waals surface area contributed by atoms with Crippen molar-refractivity contribution < 1.29 is 23.5 Å². The van der Waals surface area contributed by atoms with E-state index in [0.717, 1.165) is 31.2 Å². The summed E-state index contributed by atoms with van der Waals surface area (Å²) in [5.74, 6) is -1.20. The van der Waals surface area contributed by atoms with Crippen LogP contribution in [0.4, 0.5) is 4.39 Å². The van der Waals surface area contributed by atoms with Gasteiger partial charge in [-0.3, -0.25) is 9.59 Å². The molecule has 0 unspecified atom stereocenters. The SMILES string of the molecule is CCn1c(C)c(C(=O)[C@@H](C)N(Cc2ccc(F)cc2)C(=O)C2CCCC2)c(C)c1C(=O)OC. The molecular weight excluding hydrogens is 423 g/mol. The first-order valence-corrected chi connectivity index (χ1v) is 11.6. The van der Waals surface area contributed by atoms with Gasteiger partial charge in [-0.25, -0.2) is 9.18 Å². The summed E-state index contributed by atoms with van der Waals surface area (Å²) in [4.78, 5) is 41.3. The van der Waals surface area contributed by atoms with Crippen LogP contribution in [0.15, 0.2) is 24.3 Å². The van der Waals surface area contributed by atoms with Crippen molar-refractivity contribution in [3.8, 4) is 0 Å². The van der Waals surface area contributed by atoms with Gasteiger partial charge in [0.25, 0.3) is 0 Å². The number of esters is 1. The molecule has 0 radical (unpaired) electrons. The van der Waals surface area contributed by atoms with Crippen LogP contribution in [-0.2, 0) is 22.6 Å². The monoisotopic (exact) mass is 456 g/mol. The quantitative estimate of drug-likeness (QED) is 0.421. The molecule has 3 rings (SSSR count). The second kappa shape index (κ2) is 10.3. The van der Waals surface area contributed by atoms with Crippen LogP contribution in [0.1, 0.15) is 77.2 Å². The van der Waals surface area contributed by atoms with Crippen molar-refractivity contribution in [1.29, 1.82) is 0 Å². The Morgan fingerprint density at radius 2 is 1.76 bits per heavy atom. The van der Waals surface area contributed by atoms with Crippen LogP contribution in [0.2, 0.25) is 0 Å². The molecule has 178 valence electrons. The molecule has 1 aliphatic rings. The predicted octanol–water partition coefficient (Wildman–Crippen LogP) is 4.84. The molecule has 2 aromatic rings. The lowest BCUT2D eigenvalue weighted by Crippen LogP contribution is -2.45. The van der Waals surface area contributed by atoms with Gasteiger partial charge in [0.05, 0.1) is 13.2 Å². The summed E-state index contributed by atoms with van der Waals surface area (Å²) >= 11 is 0. The number of aromatic nitrogens is 1. The maximum absolute atomic E-state index is 13.8. The molecule has 0 N–H and O–H groups in total. The van der Waals surface area contributed by atoms with Crippen molar-refractivity contribution in [3.05, 3.63) is 58.2 Å². The van der Waals surface area contributed by atoms with Crippen molar-refractivity contribution in [2.24, 2.45) is 5.92 Å². The molecule has 0 bridgehead atoms. The van der Waals surface area contributed by atoms with Crippen molar-refractivity contribution in [3.63, 3.8) is 0 Å². The average molecular weight is 457 g/mol. The van der Waals surface area contributed by atoms with Crippen molar-refractivity contribution >= 4 is 17.7 Å². The molecule has 1 aromatic heterocycles. The molecular formula is C26H33FN2O4. The summed E-state index contributed by atoms with van der Waals surface area (Å²) in [6.07, 6.45) is 3.64. The van der Waals surface area contributed by atoms with Crippen molar-refractivity contribution in [1.82, 2.24) is 9.47 Å². The number of halogens is 1. The van der Waals surface area contributed by atoms with Gasteiger partial charge in [-0.05, 0) is 63.8 Å². The van der Waals surface area contributed by atoms with Crippen LogP contribution in [-0.4, -0.2) is 40.3 Å². The van der Waals surface area contributed by atoms with Gasteiger partial charge in [-0.15, -0.1) is 0 Å². The van der Waals surface area contributed by atoms with Crippen LogP contribution in [0.5, 0.6) is 0 Å². The number of amides is 1. The first-order chi connectivity index (χ1) is 15.7. The zero-order chi connectivity index (χ0) is 24.3. The summed E-state index contributed by atoms with van der Waals surface area (Å²) in [7, 11) is 1.32. The maximum Gasteiger partial charge on any atom is 0.354 e. The van der Waals surface area contributed by atoms with Gasteiger partial charge in [0, 0.05) is 30.3 Å². The van der Waals surface area contributed by atoms with Gasteiger partial charge in [-0.1, -0.05) is 25.0 Å². The van der Waals surface area contributed by atoms with Crippen LogP contribution in [0.3, 0.4) is 0 Å². The molecule has 6 nitrogen and oxygen atoms in total. The Labute approximate surface area is 194 Å². The minimum absolute atomic E-state index is 0.0453. The molecule has 1 atom stereocenters. The van der Waals surface area contributed by atoms with Gasteiger partial charge < -0.3 is 14.2 Å². The number of hydrogen-bond acceptors (Lipinski definition) is 4. The predicted molar refractivity (Wildman–Crippen MR) is 124 cm³/mol. The first-order valence-electron chi connectivity index (χ1n) is 11.6. The third-order valence-corrected chi connectivity index (χ3v) is 6.81. The van der Waals surface area contributed by atoms with Crippen molar-refractivity contribution in [2.45, 2.75) is 72.5 Å². The lowest BCUT2D eigenvalue weighted by atomic mass is 9.97. The van der Waals surface area contributed by atoms with Crippen LogP contribution in [0, 0.1) is 25.6 Å². The molecule has 33 heavy (non-hydrogen) atoms. The highest BCUT2D eigenvalue weighted by molar-refractivity contribution is 6.06. The second-order valence-corrected chi connectivity index (χ2v) is 8.78. The highest BCUT2D eigenvalue weighted by atomic mass is 19.1. The normalized spacial score (nSPS) is 14.8. The number of hydrogen-bond donors (Lipinski definition) is 0. The molecule has 1 amide bonds. The number of benzene rings is 1. The Balaban J connectivity index is 2.00. The third-order valence-electron chi connectivity index (χ3n) is 6.81. The highest BCUT2D eigenvalue weighted by Crippen LogP contribution is 2.30. The number of nitrogens with zero attached hydrogens (tertiary/aromatic N) is 2. The van der Waals surface area contributed by atoms with E-state index in [1.807, 2.05) is 13.8 Å². The summed E-state index contributed by atoms with van der Waals surface area (Å²) in [5.41, 5.74) is 2.82. The van der Waals surface area contributed by atoms with E-state index in [0.29, 0.717) is 29.1 Å². The number of rotatable bonds is 8. The summed E-state index contributed by atoms with van der Waals surface area (Å²) in [5, 5.41) is 0. The summed E-state index contributed by atoms with van der Waals surface area (Å²) in [6.45, 7) is 7.93. The van der Waals surface area contributed by atoms with Gasteiger partial charge in [0.2, 0.25) is 5.91 Å². The summed E-state index contributed by atoms with van der Waals surface area (Å²) < 4.78 is 20.1. The fourth-order valence-corrected chi connectivity index (χ4v) is 4.96. The Morgan fingerprint density at radius 1 is 1.15 bits per heavy atom. The van der Waals surface area contributed by atoms with E-state index >= 15 is 0 Å². The number of ketones is 1. The van der Waals surface area contributed by atoms with Crippen LogP contribution < -0.4 is 0 Å². The lowest BCUT2D eigenvalue weighted by molar-refractivity contribution is -0.137. The smallest absolute Gasteiger partial charge is 0.354 e. The molecule has 1 saturated carbocycles. The van der Waals surface area contributed by atoms with Crippen LogP contribution in [0.25, 0.3) is 0 Å². The van der Waals surface area contributed by atoms with Gasteiger partial charge in [-0.2, -0.15) is 0 Å². The third kappa shape index (κ3) is 4.87. The molecule has 0 aliphatic heterocycles. The number of methoxy groups -OCH3 is 1. The van der Waals surface area contributed by atoms with E-state index in [-0.39, 0.29) is 30.0 Å². The number of carbonyl (C=O) groups excluding carboxylic acids is 3. The Bertz CT molecular complexity index is 1040. The number of ether oxygens (including phenoxy) is 1. The molecule has 1 aromatic carbocycles. The Hall–Kier alpha value is -2.96. The van der Waals surface area contributed by atoms with Gasteiger partial charge in [0.1, 0.15) is 11.5 Å². The fourth-order valence-electron chi connectivity index (χ4n) is 4.96. The Morgan fingerprint density at radius 3 is 2.30 bits per heavy atom. The fraction of sp³-hybridized carbons (Fsp3) is 0.500. The zero-order valence-electron chi connectivity index (χ0n) is 20.1. The van der Waals surface area contributed by atoms with E-state index in [1.54, 1.807) is 35.4 Å². The van der Waals surface area contributed by atoms with E-state index in [1.165, 1.54) is 19.2 Å². The second-order valence-electron chi connectivity index (χ2n) is 8.78. The molecule has 1 aliphatic carbocycles. The topological polar surface area (TPSA) is 68.6 Å². The molecule has 7 heteroatoms. The minimum atomic E-state index is -0.737. The lowest BCUT2D eigenvalue weighted by Gasteiger charge is -2.31. The highest BCUT2D eigenvalue weighted by Gasteiger charge is 2.36. The van der Waals surface area contributed by atoms with E-state index in [9.17, 15) is 18.8 Å².